The highest BCUT2D eigenvalue weighted by Gasteiger charge is 2.29. The molecule has 0 radical (unpaired) electrons. The Balaban J connectivity index is 1.63. The number of fused-ring (bicyclic) bond motifs is 3. The summed E-state index contributed by atoms with van der Waals surface area (Å²) in [7, 11) is -3.02. The van der Waals surface area contributed by atoms with E-state index in [0.717, 1.165) is 26.9 Å². The van der Waals surface area contributed by atoms with Gasteiger partial charge in [-0.05, 0) is 42.0 Å². The minimum atomic E-state index is -3.02. The maximum absolute atomic E-state index is 12.4. The summed E-state index contributed by atoms with van der Waals surface area (Å²) in [5.41, 5.74) is 1.50. The van der Waals surface area contributed by atoms with Crippen molar-refractivity contribution in [2.75, 3.05) is 18.1 Å². The molecule has 2 aliphatic rings. The molecule has 1 aromatic heterocycles. The van der Waals surface area contributed by atoms with E-state index in [9.17, 15) is 18.0 Å². The molecular formula is C16H16N2O4S2. The highest BCUT2D eigenvalue weighted by Crippen LogP contribution is 2.34. The van der Waals surface area contributed by atoms with Crippen LogP contribution in [0.2, 0.25) is 0 Å². The van der Waals surface area contributed by atoms with Crippen LogP contribution >= 0.6 is 11.3 Å². The van der Waals surface area contributed by atoms with Crippen molar-refractivity contribution in [2.24, 2.45) is 0 Å². The van der Waals surface area contributed by atoms with Crippen LogP contribution in [-0.2, 0) is 16.3 Å². The summed E-state index contributed by atoms with van der Waals surface area (Å²) in [5, 5.41) is 6.57. The van der Waals surface area contributed by atoms with E-state index >= 15 is 0 Å². The summed E-state index contributed by atoms with van der Waals surface area (Å²) in [6.45, 7) is 0.605. The van der Waals surface area contributed by atoms with E-state index in [1.165, 1.54) is 11.3 Å². The maximum Gasteiger partial charge on any atom is 0.261 e. The van der Waals surface area contributed by atoms with Crippen molar-refractivity contribution >= 4 is 43.1 Å². The molecule has 3 heterocycles. The fourth-order valence-electron chi connectivity index (χ4n) is 3.28. The highest BCUT2D eigenvalue weighted by atomic mass is 32.2. The topological polar surface area (TPSA) is 92.3 Å². The van der Waals surface area contributed by atoms with Crippen LogP contribution in [0.3, 0.4) is 0 Å². The van der Waals surface area contributed by atoms with Gasteiger partial charge in [0.05, 0.1) is 16.4 Å². The zero-order valence-electron chi connectivity index (χ0n) is 12.8. The van der Waals surface area contributed by atoms with Crippen molar-refractivity contribution < 1.29 is 18.0 Å². The number of carbonyl (C=O) groups excluding carboxylic acids is 2. The SMILES string of the molecule is O=C(N[C@@H]1CCS(=O)(=O)C1)c1ccc2sc3c(c2c1)CCNC3=O. The summed E-state index contributed by atoms with van der Waals surface area (Å²) in [6, 6.07) is 5.06. The Labute approximate surface area is 143 Å². The van der Waals surface area contributed by atoms with Crippen LogP contribution in [0, 0.1) is 0 Å². The van der Waals surface area contributed by atoms with E-state index in [-0.39, 0.29) is 29.4 Å². The number of nitrogens with one attached hydrogen (secondary N) is 2. The predicted molar refractivity (Wildman–Crippen MR) is 92.4 cm³/mol. The van der Waals surface area contributed by atoms with Crippen molar-refractivity contribution in [1.29, 1.82) is 0 Å². The largest absolute Gasteiger partial charge is 0.351 e. The lowest BCUT2D eigenvalue weighted by atomic mass is 10.0. The first-order chi connectivity index (χ1) is 11.4. The van der Waals surface area contributed by atoms with Crippen LogP contribution in [0.4, 0.5) is 0 Å². The van der Waals surface area contributed by atoms with Gasteiger partial charge in [0.25, 0.3) is 11.8 Å². The number of rotatable bonds is 2. The number of amides is 2. The molecule has 0 saturated carbocycles. The Morgan fingerprint density at radius 1 is 1.33 bits per heavy atom. The maximum atomic E-state index is 12.4. The molecule has 0 aliphatic carbocycles. The zero-order chi connectivity index (χ0) is 16.9. The quantitative estimate of drug-likeness (QED) is 0.835. The molecule has 1 saturated heterocycles. The molecule has 6 nitrogen and oxygen atoms in total. The number of thiophene rings is 1. The molecule has 1 atom stereocenters. The van der Waals surface area contributed by atoms with Crippen LogP contribution in [0.5, 0.6) is 0 Å². The van der Waals surface area contributed by atoms with E-state index in [1.54, 1.807) is 6.07 Å². The first-order valence-electron chi connectivity index (χ1n) is 7.78. The Bertz CT molecular complexity index is 962. The third kappa shape index (κ3) is 2.69. The molecule has 126 valence electrons. The fraction of sp³-hybridized carbons (Fsp3) is 0.375. The number of sulfone groups is 1. The van der Waals surface area contributed by atoms with Crippen LogP contribution < -0.4 is 10.6 Å². The summed E-state index contributed by atoms with van der Waals surface area (Å²) in [4.78, 5) is 25.1. The Morgan fingerprint density at radius 3 is 2.92 bits per heavy atom. The van der Waals surface area contributed by atoms with Gasteiger partial charge in [0, 0.05) is 22.8 Å². The lowest BCUT2D eigenvalue weighted by molar-refractivity contribution is 0.0937. The average molecular weight is 364 g/mol. The molecule has 0 unspecified atom stereocenters. The van der Waals surface area contributed by atoms with Crippen molar-refractivity contribution in [3.63, 3.8) is 0 Å². The second-order valence-corrected chi connectivity index (χ2v) is 9.48. The van der Waals surface area contributed by atoms with Crippen LogP contribution in [0.1, 0.15) is 32.0 Å². The third-order valence-corrected chi connectivity index (χ3v) is 7.47. The lowest BCUT2D eigenvalue weighted by Crippen LogP contribution is -2.35. The number of carbonyl (C=O) groups is 2. The Hall–Kier alpha value is -1.93. The standard InChI is InChI=1S/C16H16N2O4S2/c19-15(18-10-4-6-24(21,22)8-10)9-1-2-13-12(7-9)11-3-5-17-16(20)14(11)23-13/h1-2,7,10H,3-6,8H2,(H,17,20)(H,18,19)/t10-/m1/s1. The molecule has 24 heavy (non-hydrogen) atoms. The van der Waals surface area contributed by atoms with E-state index in [2.05, 4.69) is 10.6 Å². The normalized spacial score (nSPS) is 22.2. The van der Waals surface area contributed by atoms with Gasteiger partial charge in [-0.3, -0.25) is 9.59 Å². The summed E-state index contributed by atoms with van der Waals surface area (Å²) < 4.78 is 24.0. The zero-order valence-corrected chi connectivity index (χ0v) is 14.4. The Morgan fingerprint density at radius 2 is 2.17 bits per heavy atom. The van der Waals surface area contributed by atoms with Crippen molar-refractivity contribution in [3.05, 3.63) is 34.2 Å². The number of hydrogen-bond donors (Lipinski definition) is 2. The average Bonchev–Trinajstić information content (AvgIpc) is 3.07. The van der Waals surface area contributed by atoms with E-state index in [4.69, 9.17) is 0 Å². The fourth-order valence-corrected chi connectivity index (χ4v) is 6.10. The third-order valence-electron chi connectivity index (χ3n) is 4.49. The minimum Gasteiger partial charge on any atom is -0.351 e. The Kier molecular flexibility index (Phi) is 3.61. The van der Waals surface area contributed by atoms with Gasteiger partial charge >= 0.3 is 0 Å². The first kappa shape index (κ1) is 15.6. The smallest absolute Gasteiger partial charge is 0.261 e. The van der Waals surface area contributed by atoms with Crippen LogP contribution in [0.15, 0.2) is 18.2 Å². The molecule has 1 fully saturated rings. The van der Waals surface area contributed by atoms with Gasteiger partial charge in [-0.1, -0.05) is 0 Å². The first-order valence-corrected chi connectivity index (χ1v) is 10.4. The molecule has 1 aromatic carbocycles. The molecular weight excluding hydrogens is 348 g/mol. The number of benzene rings is 1. The highest BCUT2D eigenvalue weighted by molar-refractivity contribution is 7.91. The summed E-state index contributed by atoms with van der Waals surface area (Å²) >= 11 is 1.44. The second kappa shape index (κ2) is 5.56. The molecule has 0 spiro atoms. The predicted octanol–water partition coefficient (Wildman–Crippen LogP) is 1.10. The van der Waals surface area contributed by atoms with Gasteiger partial charge in [0.2, 0.25) is 0 Å². The lowest BCUT2D eigenvalue weighted by Gasteiger charge is -2.13. The van der Waals surface area contributed by atoms with E-state index in [1.807, 2.05) is 12.1 Å². The van der Waals surface area contributed by atoms with E-state index < -0.39 is 9.84 Å². The number of hydrogen-bond acceptors (Lipinski definition) is 5. The molecule has 4 rings (SSSR count). The monoisotopic (exact) mass is 364 g/mol. The van der Waals surface area contributed by atoms with Gasteiger partial charge in [0.1, 0.15) is 0 Å². The molecule has 2 aromatic rings. The van der Waals surface area contributed by atoms with Gasteiger partial charge in [0.15, 0.2) is 9.84 Å². The van der Waals surface area contributed by atoms with Crippen LogP contribution in [0.25, 0.3) is 10.1 Å². The molecule has 0 bridgehead atoms. The van der Waals surface area contributed by atoms with Gasteiger partial charge in [-0.2, -0.15) is 0 Å². The molecule has 2 amide bonds. The molecule has 8 heteroatoms. The summed E-state index contributed by atoms with van der Waals surface area (Å²) in [5.74, 6) is -0.183. The van der Waals surface area contributed by atoms with E-state index in [0.29, 0.717) is 18.5 Å². The van der Waals surface area contributed by atoms with Gasteiger partial charge in [-0.25, -0.2) is 8.42 Å². The van der Waals surface area contributed by atoms with Gasteiger partial charge in [-0.15, -0.1) is 11.3 Å². The van der Waals surface area contributed by atoms with Crippen molar-refractivity contribution in [1.82, 2.24) is 10.6 Å². The minimum absolute atomic E-state index is 0.00893. The van der Waals surface area contributed by atoms with Crippen molar-refractivity contribution in [2.45, 2.75) is 18.9 Å². The van der Waals surface area contributed by atoms with Gasteiger partial charge < -0.3 is 10.6 Å². The summed E-state index contributed by atoms with van der Waals surface area (Å²) in [6.07, 6.45) is 1.22. The molecule has 2 aliphatic heterocycles. The second-order valence-electron chi connectivity index (χ2n) is 6.20. The van der Waals surface area contributed by atoms with Crippen molar-refractivity contribution in [3.8, 4) is 0 Å². The molecule has 2 N–H and O–H groups in total. The van der Waals surface area contributed by atoms with Crippen LogP contribution in [-0.4, -0.2) is 44.3 Å².